The van der Waals surface area contributed by atoms with Crippen molar-refractivity contribution >= 4 is 12.0 Å². The fraction of sp³-hybridized carbons (Fsp3) is 0.267. The lowest BCUT2D eigenvalue weighted by atomic mass is 10.1. The molecule has 110 valence electrons. The molecular weight excluding hydrogens is 268 g/mol. The lowest BCUT2D eigenvalue weighted by molar-refractivity contribution is 0.766. The number of hydrazone groups is 1. The van der Waals surface area contributed by atoms with E-state index in [0.29, 0.717) is 5.82 Å². The van der Waals surface area contributed by atoms with Gasteiger partial charge < -0.3 is 0 Å². The summed E-state index contributed by atoms with van der Waals surface area (Å²) in [7, 11) is 3.09. The largest absolute Gasteiger partial charge is 0.329 e. The van der Waals surface area contributed by atoms with Crippen molar-refractivity contribution in [3.05, 3.63) is 62.3 Å². The molecule has 1 aromatic carbocycles. The van der Waals surface area contributed by atoms with Gasteiger partial charge in [-0.3, -0.25) is 19.4 Å². The van der Waals surface area contributed by atoms with E-state index in [1.54, 1.807) is 13.3 Å². The average Bonchev–Trinajstić information content (AvgIpc) is 2.50. The van der Waals surface area contributed by atoms with E-state index in [-0.39, 0.29) is 5.56 Å². The number of anilines is 1. The highest BCUT2D eigenvalue weighted by Gasteiger charge is 2.03. The van der Waals surface area contributed by atoms with Gasteiger partial charge in [0.05, 0.1) is 6.21 Å². The van der Waals surface area contributed by atoms with Crippen LogP contribution >= 0.6 is 0 Å². The summed E-state index contributed by atoms with van der Waals surface area (Å²) in [4.78, 5) is 25.7. The van der Waals surface area contributed by atoms with Crippen molar-refractivity contribution in [2.24, 2.45) is 12.1 Å². The molecule has 0 saturated carbocycles. The first kappa shape index (κ1) is 14.8. The molecule has 6 heteroatoms. The minimum atomic E-state index is -0.466. The van der Waals surface area contributed by atoms with Crippen LogP contribution in [-0.2, 0) is 13.5 Å². The summed E-state index contributed by atoms with van der Waals surface area (Å²) in [6.07, 6.45) is 2.67. The Morgan fingerprint density at radius 2 is 1.95 bits per heavy atom. The molecule has 0 aliphatic heterocycles. The van der Waals surface area contributed by atoms with Gasteiger partial charge in [0, 0.05) is 20.2 Å². The van der Waals surface area contributed by atoms with Gasteiger partial charge in [-0.05, 0) is 17.5 Å². The molecule has 0 bridgehead atoms. The average molecular weight is 286 g/mol. The number of aromatic nitrogens is 2. The van der Waals surface area contributed by atoms with Gasteiger partial charge in [0.15, 0.2) is 0 Å². The van der Waals surface area contributed by atoms with Crippen molar-refractivity contribution in [2.45, 2.75) is 13.3 Å². The van der Waals surface area contributed by atoms with Crippen molar-refractivity contribution in [1.29, 1.82) is 0 Å². The van der Waals surface area contributed by atoms with Gasteiger partial charge in [0.25, 0.3) is 5.56 Å². The summed E-state index contributed by atoms with van der Waals surface area (Å²) in [5, 5.41) is 5.68. The molecule has 6 nitrogen and oxygen atoms in total. The maximum absolute atomic E-state index is 11.6. The Bertz CT molecular complexity index is 725. The number of nitrogens with zero attached hydrogens (tertiary/aromatic N) is 3. The van der Waals surface area contributed by atoms with Gasteiger partial charge in [0.1, 0.15) is 5.82 Å². The lowest BCUT2D eigenvalue weighted by Crippen LogP contribution is -2.33. The van der Waals surface area contributed by atoms with E-state index in [4.69, 9.17) is 0 Å². The molecule has 0 aliphatic carbocycles. The summed E-state index contributed by atoms with van der Waals surface area (Å²) in [5.74, 6) is 0.351. The quantitative estimate of drug-likeness (QED) is 0.676. The first-order chi connectivity index (χ1) is 10.0. The fourth-order valence-corrected chi connectivity index (χ4v) is 1.77. The minimum absolute atomic E-state index is 0.351. The highest BCUT2D eigenvalue weighted by molar-refractivity contribution is 5.80. The molecule has 0 amide bonds. The predicted octanol–water partition coefficient (Wildman–Crippen LogP) is 1.11. The summed E-state index contributed by atoms with van der Waals surface area (Å²) in [5.41, 5.74) is 1.37. The fourth-order valence-electron chi connectivity index (χ4n) is 1.77. The van der Waals surface area contributed by atoms with E-state index < -0.39 is 5.69 Å². The smallest absolute Gasteiger partial charge is 0.292 e. The number of aromatic amines is 1. The number of rotatable bonds is 4. The Labute approximate surface area is 122 Å². The standard InChI is InChI=1S/C15H18N4O2/c1-4-11-5-7-12(8-6-11)10-16-19(3)13-9-14(20)18(2)15(21)17-13/h5-10H,4H2,1-3H3,(H,17,21)/b16-10+. The monoisotopic (exact) mass is 286 g/mol. The van der Waals surface area contributed by atoms with Crippen LogP contribution in [0.1, 0.15) is 18.1 Å². The van der Waals surface area contributed by atoms with Crippen molar-refractivity contribution < 1.29 is 0 Å². The summed E-state index contributed by atoms with van der Waals surface area (Å²) in [6, 6.07) is 9.37. The van der Waals surface area contributed by atoms with Crippen molar-refractivity contribution in [3.8, 4) is 0 Å². The van der Waals surface area contributed by atoms with Crippen LogP contribution in [0, 0.1) is 0 Å². The Morgan fingerprint density at radius 3 is 2.52 bits per heavy atom. The van der Waals surface area contributed by atoms with Crippen LogP contribution < -0.4 is 16.3 Å². The van der Waals surface area contributed by atoms with Crippen LogP contribution in [0.5, 0.6) is 0 Å². The number of hydrogen-bond donors (Lipinski definition) is 1. The molecular formula is C15H18N4O2. The molecule has 0 atom stereocenters. The molecule has 1 aromatic heterocycles. The highest BCUT2D eigenvalue weighted by atomic mass is 16.2. The molecule has 1 N–H and O–H groups in total. The molecule has 0 aliphatic rings. The topological polar surface area (TPSA) is 70.5 Å². The highest BCUT2D eigenvalue weighted by Crippen LogP contribution is 2.05. The van der Waals surface area contributed by atoms with Crippen molar-refractivity contribution in [2.75, 3.05) is 12.1 Å². The Kier molecular flexibility index (Phi) is 4.37. The summed E-state index contributed by atoms with van der Waals surface area (Å²) in [6.45, 7) is 2.10. The third-order valence-corrected chi connectivity index (χ3v) is 3.25. The minimum Gasteiger partial charge on any atom is -0.292 e. The van der Waals surface area contributed by atoms with Crippen LogP contribution in [-0.4, -0.2) is 22.8 Å². The zero-order valence-electron chi connectivity index (χ0n) is 12.3. The van der Waals surface area contributed by atoms with Gasteiger partial charge >= 0.3 is 5.69 Å². The van der Waals surface area contributed by atoms with Gasteiger partial charge in [-0.25, -0.2) is 4.79 Å². The number of nitrogens with one attached hydrogen (secondary N) is 1. The third kappa shape index (κ3) is 3.47. The molecule has 0 unspecified atom stereocenters. The molecule has 2 aromatic rings. The SMILES string of the molecule is CCc1ccc(/C=N/N(C)c2cc(=O)n(C)c(=O)[nH]2)cc1. The van der Waals surface area contributed by atoms with Gasteiger partial charge in [-0.1, -0.05) is 31.2 Å². The zero-order valence-corrected chi connectivity index (χ0v) is 12.3. The van der Waals surface area contributed by atoms with E-state index in [9.17, 15) is 9.59 Å². The van der Waals surface area contributed by atoms with Crippen LogP contribution in [0.3, 0.4) is 0 Å². The van der Waals surface area contributed by atoms with Crippen LogP contribution in [0.15, 0.2) is 45.0 Å². The summed E-state index contributed by atoms with van der Waals surface area (Å²) >= 11 is 0. The number of hydrogen-bond acceptors (Lipinski definition) is 4. The van der Waals surface area contributed by atoms with E-state index in [1.165, 1.54) is 23.7 Å². The molecule has 0 saturated heterocycles. The van der Waals surface area contributed by atoms with E-state index in [0.717, 1.165) is 16.6 Å². The first-order valence-corrected chi connectivity index (χ1v) is 6.68. The number of H-pyrrole nitrogens is 1. The van der Waals surface area contributed by atoms with Crippen molar-refractivity contribution in [1.82, 2.24) is 9.55 Å². The third-order valence-electron chi connectivity index (χ3n) is 3.25. The molecule has 2 rings (SSSR count). The molecule has 21 heavy (non-hydrogen) atoms. The van der Waals surface area contributed by atoms with E-state index in [1.807, 2.05) is 24.3 Å². The molecule has 0 spiro atoms. The van der Waals surface area contributed by atoms with Crippen LogP contribution in [0.2, 0.25) is 0 Å². The van der Waals surface area contributed by atoms with Gasteiger partial charge in [0.2, 0.25) is 0 Å². The number of aryl methyl sites for hydroxylation is 1. The van der Waals surface area contributed by atoms with E-state index in [2.05, 4.69) is 17.0 Å². The summed E-state index contributed by atoms with van der Waals surface area (Å²) < 4.78 is 1.00. The Balaban J connectivity index is 2.20. The second kappa shape index (κ2) is 6.21. The molecule has 0 radical (unpaired) electrons. The zero-order chi connectivity index (χ0) is 15.4. The van der Waals surface area contributed by atoms with Gasteiger partial charge in [-0.15, -0.1) is 0 Å². The predicted molar refractivity (Wildman–Crippen MR) is 84.1 cm³/mol. The van der Waals surface area contributed by atoms with Crippen LogP contribution in [0.25, 0.3) is 0 Å². The maximum atomic E-state index is 11.6. The molecule has 0 fully saturated rings. The second-order valence-corrected chi connectivity index (χ2v) is 4.72. The molecule has 1 heterocycles. The number of benzene rings is 1. The van der Waals surface area contributed by atoms with Gasteiger partial charge in [-0.2, -0.15) is 5.10 Å². The van der Waals surface area contributed by atoms with Crippen LogP contribution in [0.4, 0.5) is 5.82 Å². The normalized spacial score (nSPS) is 11.0. The van der Waals surface area contributed by atoms with E-state index >= 15 is 0 Å². The second-order valence-electron chi connectivity index (χ2n) is 4.72. The lowest BCUT2D eigenvalue weighted by Gasteiger charge is -2.12. The Morgan fingerprint density at radius 1 is 1.29 bits per heavy atom. The van der Waals surface area contributed by atoms with Crippen molar-refractivity contribution in [3.63, 3.8) is 0 Å². The Hall–Kier alpha value is -2.63. The maximum Gasteiger partial charge on any atom is 0.329 e. The first-order valence-electron chi connectivity index (χ1n) is 6.68.